The Morgan fingerprint density at radius 2 is 1.36 bits per heavy atom. The van der Waals surface area contributed by atoms with Crippen LogP contribution >= 0.6 is 0 Å². The van der Waals surface area contributed by atoms with Gasteiger partial charge in [0.15, 0.2) is 0 Å². The quantitative estimate of drug-likeness (QED) is 0.654. The Labute approximate surface area is 87.6 Å². The molecular weight excluding hydrogens is 328 g/mol. The summed E-state index contributed by atoms with van der Waals surface area (Å²) in [7, 11) is 0. The average molecular weight is 340 g/mol. The molecule has 2 heteroatoms. The van der Waals surface area contributed by atoms with E-state index in [-0.39, 0.29) is 33.0 Å². The first-order valence-corrected chi connectivity index (χ1v) is 3.36. The Morgan fingerprint density at radius 1 is 1.00 bits per heavy atom. The number of hydrogen-bond acceptors (Lipinski definition) is 1. The molecule has 1 aromatic rings. The number of hydrogen-bond donors (Lipinski definition) is 0. The maximum absolute atomic E-state index is 11.1. The predicted molar refractivity (Wildman–Crippen MR) is 45.9 cm³/mol. The van der Waals surface area contributed by atoms with Gasteiger partial charge >= 0.3 is 27.3 Å². The largest absolute Gasteiger partial charge is 1.00 e. The Morgan fingerprint density at radius 3 is 1.73 bits per heavy atom. The van der Waals surface area contributed by atoms with Crippen molar-refractivity contribution in [1.82, 2.24) is 0 Å². The van der Waals surface area contributed by atoms with Gasteiger partial charge in [0.1, 0.15) is 0 Å². The Bertz CT molecular complexity index is 233. The van der Waals surface area contributed by atoms with Gasteiger partial charge in [0, 0.05) is 0 Å². The van der Waals surface area contributed by atoms with Crippen LogP contribution in [0.4, 0.5) is 0 Å². The molecule has 1 aromatic carbocycles. The van der Waals surface area contributed by atoms with Gasteiger partial charge in [-0.3, -0.25) is 0 Å². The van der Waals surface area contributed by atoms with Gasteiger partial charge in [-0.15, -0.1) is 5.75 Å². The van der Waals surface area contributed by atoms with Crippen molar-refractivity contribution in [3.05, 3.63) is 28.8 Å². The van der Waals surface area contributed by atoms with E-state index in [1.165, 1.54) is 0 Å². The summed E-state index contributed by atoms with van der Waals surface area (Å²) < 4.78 is 0. The molecule has 0 saturated heterocycles. The van der Waals surface area contributed by atoms with E-state index in [9.17, 15) is 5.11 Å². The predicted octanol–water partition coefficient (Wildman–Crippen LogP) is 1.30. The summed E-state index contributed by atoms with van der Waals surface area (Å²) in [5, 5.41) is 11.1. The fourth-order valence-corrected chi connectivity index (χ4v) is 1.17. The van der Waals surface area contributed by atoms with E-state index in [1.807, 2.05) is 32.9 Å². The monoisotopic (exact) mass is 340 g/mol. The second-order valence-electron chi connectivity index (χ2n) is 2.73. The molecule has 0 radical (unpaired) electrons. The minimum absolute atomic E-state index is 0. The van der Waals surface area contributed by atoms with Crippen molar-refractivity contribution in [2.75, 3.05) is 0 Å². The molecule has 0 aromatic heterocycles. The molecule has 0 saturated carbocycles. The first-order chi connectivity index (χ1) is 4.61. The standard InChI is InChI=1S/C9H12O.Tl/c1-6-4-7(2)9(10)8(3)5-6;/h4-5,10H,1-3H3;/q;+1/p-1. The third kappa shape index (κ3) is 2.47. The molecule has 1 nitrogen and oxygen atoms in total. The van der Waals surface area contributed by atoms with E-state index in [0.29, 0.717) is 0 Å². The summed E-state index contributed by atoms with van der Waals surface area (Å²) in [6, 6.07) is 3.82. The molecule has 11 heavy (non-hydrogen) atoms. The third-order valence-electron chi connectivity index (χ3n) is 1.60. The van der Waals surface area contributed by atoms with Crippen LogP contribution in [-0.4, -0.2) is 27.3 Å². The Kier molecular flexibility index (Phi) is 4.07. The van der Waals surface area contributed by atoms with E-state index in [0.717, 1.165) is 16.7 Å². The summed E-state index contributed by atoms with van der Waals surface area (Å²) in [4.78, 5) is 0. The zero-order valence-electron chi connectivity index (χ0n) is 7.14. The van der Waals surface area contributed by atoms with Gasteiger partial charge in [0.05, 0.1) is 0 Å². The SMILES string of the molecule is Cc1cc(C)c([O-])c(C)c1.[Tl+]. The summed E-state index contributed by atoms with van der Waals surface area (Å²) in [5.74, 6) is 0.172. The molecule has 0 N–H and O–H groups in total. The van der Waals surface area contributed by atoms with Crippen molar-refractivity contribution < 1.29 is 5.11 Å². The van der Waals surface area contributed by atoms with Gasteiger partial charge in [-0.1, -0.05) is 28.8 Å². The molecule has 56 valence electrons. The van der Waals surface area contributed by atoms with Crippen molar-refractivity contribution in [3.8, 4) is 5.75 Å². The average Bonchev–Trinajstić information content (AvgIpc) is 1.82. The molecule has 0 atom stereocenters. The van der Waals surface area contributed by atoms with E-state index in [2.05, 4.69) is 0 Å². The zero-order valence-corrected chi connectivity index (χ0v) is 11.6. The second kappa shape index (κ2) is 4.09. The van der Waals surface area contributed by atoms with Crippen LogP contribution in [0.3, 0.4) is 0 Å². The molecule has 0 aliphatic heterocycles. The van der Waals surface area contributed by atoms with E-state index in [4.69, 9.17) is 0 Å². The molecule has 0 heterocycles. The molecule has 0 aliphatic carbocycles. The normalized spacial score (nSPS) is 9.00. The van der Waals surface area contributed by atoms with E-state index >= 15 is 0 Å². The summed E-state index contributed by atoms with van der Waals surface area (Å²) in [6.07, 6.45) is 0. The Balaban J connectivity index is 0.000001000. The molecule has 0 aliphatic rings. The van der Waals surface area contributed by atoms with Crippen LogP contribution in [0.25, 0.3) is 0 Å². The van der Waals surface area contributed by atoms with Crippen LogP contribution in [0.15, 0.2) is 12.1 Å². The molecule has 0 fully saturated rings. The second-order valence-corrected chi connectivity index (χ2v) is 2.73. The van der Waals surface area contributed by atoms with Crippen molar-refractivity contribution in [2.45, 2.75) is 20.8 Å². The number of benzene rings is 1. The van der Waals surface area contributed by atoms with Gasteiger partial charge < -0.3 is 5.11 Å². The van der Waals surface area contributed by atoms with Crippen molar-refractivity contribution in [3.63, 3.8) is 0 Å². The molecular formula is C9H11OTl. The van der Waals surface area contributed by atoms with Crippen molar-refractivity contribution in [2.24, 2.45) is 0 Å². The maximum atomic E-state index is 11.1. The van der Waals surface area contributed by atoms with Crippen LogP contribution in [-0.2, 0) is 0 Å². The molecule has 0 spiro atoms. The fraction of sp³-hybridized carbons (Fsp3) is 0.333. The molecule has 0 unspecified atom stereocenters. The number of rotatable bonds is 0. The summed E-state index contributed by atoms with van der Waals surface area (Å²) in [6.45, 7) is 5.70. The minimum atomic E-state index is 0. The van der Waals surface area contributed by atoms with Crippen LogP contribution < -0.4 is 5.11 Å². The van der Waals surface area contributed by atoms with Crippen LogP contribution in [0.2, 0.25) is 0 Å². The Hall–Kier alpha value is -0.0579. The van der Waals surface area contributed by atoms with Gasteiger partial charge in [-0.2, -0.15) is 0 Å². The maximum Gasteiger partial charge on any atom is 1.00 e. The summed E-state index contributed by atoms with van der Waals surface area (Å²) >= 11 is 0. The van der Waals surface area contributed by atoms with Crippen LogP contribution in [0.5, 0.6) is 5.75 Å². The zero-order chi connectivity index (χ0) is 7.72. The molecule has 0 amide bonds. The molecule has 1 rings (SSSR count). The van der Waals surface area contributed by atoms with E-state index in [1.54, 1.807) is 0 Å². The first-order valence-electron chi connectivity index (χ1n) is 3.36. The van der Waals surface area contributed by atoms with Crippen LogP contribution in [0.1, 0.15) is 16.7 Å². The van der Waals surface area contributed by atoms with Crippen LogP contribution in [0, 0.1) is 20.8 Å². The van der Waals surface area contributed by atoms with Crippen molar-refractivity contribution in [1.29, 1.82) is 0 Å². The smallest absolute Gasteiger partial charge is 0.872 e. The van der Waals surface area contributed by atoms with Gasteiger partial charge in [0.2, 0.25) is 0 Å². The fourth-order valence-electron chi connectivity index (χ4n) is 1.17. The summed E-state index contributed by atoms with van der Waals surface area (Å²) in [5.41, 5.74) is 2.85. The molecule has 0 bridgehead atoms. The number of aryl methyl sites for hydroxylation is 3. The van der Waals surface area contributed by atoms with Gasteiger partial charge in [-0.05, 0) is 20.8 Å². The first kappa shape index (κ1) is 10.9. The van der Waals surface area contributed by atoms with Gasteiger partial charge in [-0.25, -0.2) is 0 Å². The van der Waals surface area contributed by atoms with Gasteiger partial charge in [0.25, 0.3) is 0 Å². The minimum Gasteiger partial charge on any atom is -0.872 e. The topological polar surface area (TPSA) is 23.1 Å². The third-order valence-corrected chi connectivity index (χ3v) is 1.60. The van der Waals surface area contributed by atoms with E-state index < -0.39 is 0 Å². The van der Waals surface area contributed by atoms with Crippen molar-refractivity contribution >= 4 is 27.3 Å².